The van der Waals surface area contributed by atoms with E-state index in [1.54, 1.807) is 18.9 Å². The number of likely N-dealkylation sites (N-methyl/N-ethyl adjacent to an activating group) is 1. The highest BCUT2D eigenvalue weighted by Crippen LogP contribution is 2.33. The normalized spacial score (nSPS) is 15.9. The highest BCUT2D eigenvalue weighted by atomic mass is 32.2. The zero-order valence-corrected chi connectivity index (χ0v) is 21.2. The number of sulfonamides is 1. The van der Waals surface area contributed by atoms with Gasteiger partial charge >= 0.3 is 11.1 Å². The first-order chi connectivity index (χ1) is 16.6. The molecule has 1 amide bonds. The molecule has 0 bridgehead atoms. The Labute approximate surface area is 204 Å². The molecule has 1 aromatic heterocycles. The van der Waals surface area contributed by atoms with Gasteiger partial charge in [0.2, 0.25) is 15.9 Å². The number of carbonyl (C=O) groups excluding carboxylic acids is 1. The van der Waals surface area contributed by atoms with E-state index in [0.717, 1.165) is 33.7 Å². The molecule has 0 N–H and O–H groups in total. The van der Waals surface area contributed by atoms with Crippen LogP contribution in [-0.2, 0) is 34.3 Å². The largest absolute Gasteiger partial charge is 0.337 e. The van der Waals surface area contributed by atoms with Crippen molar-refractivity contribution in [3.63, 3.8) is 0 Å². The van der Waals surface area contributed by atoms with Crippen molar-refractivity contribution in [2.75, 3.05) is 21.1 Å². The van der Waals surface area contributed by atoms with E-state index in [9.17, 15) is 22.8 Å². The highest BCUT2D eigenvalue weighted by molar-refractivity contribution is 7.89. The maximum atomic E-state index is 13.4. The maximum Gasteiger partial charge on any atom is 0.317 e. The molecule has 9 nitrogen and oxygen atoms in total. The number of fused-ring (bicyclic) bond motifs is 2. The molecule has 0 unspecified atom stereocenters. The number of hydrogen-bond acceptors (Lipinski definition) is 5. The van der Waals surface area contributed by atoms with Crippen LogP contribution in [0.15, 0.2) is 56.9 Å². The minimum Gasteiger partial charge on any atom is -0.337 e. The van der Waals surface area contributed by atoms with Crippen LogP contribution in [0.25, 0.3) is 11.0 Å². The molecular formula is C25H30N4O5S. The molecule has 1 aliphatic rings. The average Bonchev–Trinajstić information content (AvgIpc) is 2.85. The lowest BCUT2D eigenvalue weighted by Gasteiger charge is -2.33. The summed E-state index contributed by atoms with van der Waals surface area (Å²) in [5, 5.41) is 0. The minimum atomic E-state index is -3.79. The predicted octanol–water partition coefficient (Wildman–Crippen LogP) is 1.97. The van der Waals surface area contributed by atoms with Gasteiger partial charge in [-0.05, 0) is 55.5 Å². The van der Waals surface area contributed by atoms with Crippen LogP contribution in [0.1, 0.15) is 36.9 Å². The van der Waals surface area contributed by atoms with Gasteiger partial charge in [0.15, 0.2) is 0 Å². The Bertz CT molecular complexity index is 1520. The molecule has 0 aliphatic heterocycles. The number of amides is 1. The molecule has 1 heterocycles. The zero-order chi connectivity index (χ0) is 25.5. The summed E-state index contributed by atoms with van der Waals surface area (Å²) in [4.78, 5) is 40.9. The van der Waals surface area contributed by atoms with Crippen molar-refractivity contribution in [3.8, 4) is 0 Å². The summed E-state index contributed by atoms with van der Waals surface area (Å²) >= 11 is 0. The van der Waals surface area contributed by atoms with E-state index in [2.05, 4.69) is 6.07 Å². The molecule has 0 saturated heterocycles. The van der Waals surface area contributed by atoms with Crippen LogP contribution >= 0.6 is 0 Å². The average molecular weight is 499 g/mol. The van der Waals surface area contributed by atoms with Gasteiger partial charge < -0.3 is 9.47 Å². The van der Waals surface area contributed by atoms with Crippen molar-refractivity contribution < 1.29 is 13.2 Å². The quantitative estimate of drug-likeness (QED) is 0.484. The van der Waals surface area contributed by atoms with Gasteiger partial charge in [-0.3, -0.25) is 19.0 Å². The molecule has 3 aromatic rings. The predicted molar refractivity (Wildman–Crippen MR) is 134 cm³/mol. The third-order valence-corrected chi connectivity index (χ3v) is 8.60. The van der Waals surface area contributed by atoms with Gasteiger partial charge in [0.25, 0.3) is 0 Å². The van der Waals surface area contributed by atoms with Gasteiger partial charge in [-0.2, -0.15) is 0 Å². The fraction of sp³-hybridized carbons (Fsp3) is 0.400. The fourth-order valence-electron chi connectivity index (χ4n) is 4.79. The van der Waals surface area contributed by atoms with Crippen molar-refractivity contribution in [2.24, 2.45) is 0 Å². The van der Waals surface area contributed by atoms with Crippen LogP contribution in [0.5, 0.6) is 0 Å². The molecule has 0 fully saturated rings. The van der Waals surface area contributed by atoms with Gasteiger partial charge in [0.05, 0.1) is 22.0 Å². The van der Waals surface area contributed by atoms with Gasteiger partial charge in [-0.15, -0.1) is 0 Å². The van der Waals surface area contributed by atoms with Gasteiger partial charge in [0.1, 0.15) is 6.54 Å². The second-order valence-corrected chi connectivity index (χ2v) is 11.1. The van der Waals surface area contributed by atoms with Crippen LogP contribution < -0.4 is 11.1 Å². The Hall–Kier alpha value is -3.24. The summed E-state index contributed by atoms with van der Waals surface area (Å²) in [5.41, 5.74) is 1.31. The van der Waals surface area contributed by atoms with Crippen LogP contribution in [0.4, 0.5) is 0 Å². The van der Waals surface area contributed by atoms with Gasteiger partial charge in [0, 0.05) is 27.7 Å². The Balaban J connectivity index is 1.81. The molecule has 4 rings (SSSR count). The lowest BCUT2D eigenvalue weighted by Crippen LogP contribution is -2.44. The highest BCUT2D eigenvalue weighted by Gasteiger charge is 2.28. The van der Waals surface area contributed by atoms with Gasteiger partial charge in [-0.25, -0.2) is 12.7 Å². The van der Waals surface area contributed by atoms with E-state index in [1.807, 2.05) is 18.2 Å². The van der Waals surface area contributed by atoms with Crippen LogP contribution in [0.3, 0.4) is 0 Å². The minimum absolute atomic E-state index is 0.0218. The van der Waals surface area contributed by atoms with Crippen molar-refractivity contribution in [3.05, 3.63) is 74.3 Å². The number of nitrogens with zero attached hydrogens (tertiary/aromatic N) is 4. The molecule has 186 valence electrons. The smallest absolute Gasteiger partial charge is 0.317 e. The summed E-state index contributed by atoms with van der Waals surface area (Å²) in [6, 6.07) is 12.2. The summed E-state index contributed by atoms with van der Waals surface area (Å²) in [5.74, 6) is -0.329. The Kier molecular flexibility index (Phi) is 6.70. The summed E-state index contributed by atoms with van der Waals surface area (Å²) < 4.78 is 29.0. The Morgan fingerprint density at radius 1 is 1.00 bits per heavy atom. The number of aromatic nitrogens is 2. The molecule has 2 aromatic carbocycles. The van der Waals surface area contributed by atoms with E-state index >= 15 is 0 Å². The third kappa shape index (κ3) is 4.32. The molecule has 0 saturated carbocycles. The molecule has 0 spiro atoms. The first-order valence-electron chi connectivity index (χ1n) is 11.6. The number of rotatable bonds is 6. The lowest BCUT2D eigenvalue weighted by atomic mass is 9.87. The van der Waals surface area contributed by atoms with Crippen molar-refractivity contribution >= 4 is 27.0 Å². The molecule has 1 aliphatic carbocycles. The molecular weight excluding hydrogens is 468 g/mol. The summed E-state index contributed by atoms with van der Waals surface area (Å²) in [7, 11) is 0.752. The van der Waals surface area contributed by atoms with Gasteiger partial charge in [-0.1, -0.05) is 24.3 Å². The van der Waals surface area contributed by atoms with E-state index in [4.69, 9.17) is 0 Å². The summed E-state index contributed by atoms with van der Waals surface area (Å²) in [6.07, 6.45) is 2.70. The first-order valence-corrected chi connectivity index (χ1v) is 13.0. The topological polar surface area (TPSA) is 102 Å². The molecule has 0 radical (unpaired) electrons. The second-order valence-electron chi connectivity index (χ2n) is 8.99. The lowest BCUT2D eigenvalue weighted by molar-refractivity contribution is -0.133. The van der Waals surface area contributed by atoms with Crippen molar-refractivity contribution in [1.29, 1.82) is 0 Å². The zero-order valence-electron chi connectivity index (χ0n) is 20.4. The SMILES string of the molecule is CCn1c(=O)c(=O)n(CC(=O)N(C)[C@@H]2CCCc3ccccc32)c2cc(S(=O)(=O)N(C)C)ccc21. The standard InChI is InChI=1S/C25H30N4O5S/c1-5-28-21-14-13-18(35(33,34)26(2)3)15-22(21)29(25(32)24(28)31)16-23(30)27(4)20-12-8-10-17-9-6-7-11-19(17)20/h6-7,9,11,13-15,20H,5,8,10,12,16H2,1-4H3/t20-/m1/s1. The van der Waals surface area contributed by atoms with Crippen molar-refractivity contribution in [2.45, 2.75) is 50.2 Å². The molecule has 10 heteroatoms. The first kappa shape index (κ1) is 24.9. The molecule has 1 atom stereocenters. The third-order valence-electron chi connectivity index (χ3n) is 6.79. The van der Waals surface area contributed by atoms with Crippen molar-refractivity contribution in [1.82, 2.24) is 18.3 Å². The summed E-state index contributed by atoms with van der Waals surface area (Å²) in [6.45, 7) is 1.60. The maximum absolute atomic E-state index is 13.4. The number of benzene rings is 2. The number of carbonyl (C=O) groups is 1. The van der Waals surface area contributed by atoms with E-state index in [-0.39, 0.29) is 35.5 Å². The number of aryl methyl sites for hydroxylation is 2. The fourth-order valence-corrected chi connectivity index (χ4v) is 5.71. The Morgan fingerprint density at radius 3 is 2.37 bits per heavy atom. The second kappa shape index (κ2) is 9.43. The molecule has 35 heavy (non-hydrogen) atoms. The van der Waals surface area contributed by atoms with Crippen LogP contribution in [0.2, 0.25) is 0 Å². The van der Waals surface area contributed by atoms with E-state index in [0.29, 0.717) is 5.52 Å². The van der Waals surface area contributed by atoms with Crippen LogP contribution in [0, 0.1) is 0 Å². The monoisotopic (exact) mass is 498 g/mol. The van der Waals surface area contributed by atoms with E-state index in [1.165, 1.54) is 42.4 Å². The Morgan fingerprint density at radius 2 is 1.69 bits per heavy atom. The van der Waals surface area contributed by atoms with Crippen LogP contribution in [-0.4, -0.2) is 53.8 Å². The number of hydrogen-bond donors (Lipinski definition) is 0. The van der Waals surface area contributed by atoms with E-state index < -0.39 is 21.1 Å².